The molecule has 0 heterocycles. The zero-order valence-electron chi connectivity index (χ0n) is 46.5. The van der Waals surface area contributed by atoms with Crippen LogP contribution in [0.15, 0.2) is 60.8 Å². The summed E-state index contributed by atoms with van der Waals surface area (Å²) >= 11 is 0. The van der Waals surface area contributed by atoms with Crippen molar-refractivity contribution in [1.29, 1.82) is 0 Å². The van der Waals surface area contributed by atoms with Gasteiger partial charge in [0, 0.05) is 19.3 Å². The number of hydrogen-bond donors (Lipinski definition) is 0. The Labute approximate surface area is 434 Å². The number of carbonyl (C=O) groups is 3. The molecule has 70 heavy (non-hydrogen) atoms. The largest absolute Gasteiger partial charge is 0.462 e. The Morgan fingerprint density at radius 3 is 0.857 bits per heavy atom. The molecule has 6 nitrogen and oxygen atoms in total. The quantitative estimate of drug-likeness (QED) is 0.0261. The average molecular weight is 980 g/mol. The van der Waals surface area contributed by atoms with Crippen molar-refractivity contribution < 1.29 is 28.6 Å². The predicted molar refractivity (Wildman–Crippen MR) is 302 cm³/mol. The van der Waals surface area contributed by atoms with E-state index in [-0.39, 0.29) is 31.1 Å². The molecule has 0 spiro atoms. The van der Waals surface area contributed by atoms with E-state index in [1.165, 1.54) is 180 Å². The van der Waals surface area contributed by atoms with Crippen LogP contribution in [0.2, 0.25) is 0 Å². The standard InChI is InChI=1S/C64H114O6/c1-4-7-10-13-16-19-22-25-28-31-32-34-36-39-42-45-48-51-54-57-63(66)69-60-61(59-68-62(65)56-53-50-47-44-41-38-35-30-27-24-21-18-15-12-9-6-3)70-64(67)58-55-52-49-46-43-40-37-33-29-26-23-20-17-14-11-8-5-2/h16,19,25,28,30,32,34-35,39,42,61H,4-15,17-18,20-24,26-27,29,31,33,36-38,40-41,43-60H2,1-3H3/b19-16-,28-25-,34-32-,35-30-,42-39-/t61-/m1/s1. The molecule has 0 saturated carbocycles. The summed E-state index contributed by atoms with van der Waals surface area (Å²) in [5.74, 6) is -0.910. The summed E-state index contributed by atoms with van der Waals surface area (Å²) in [5, 5.41) is 0. The van der Waals surface area contributed by atoms with E-state index in [9.17, 15) is 14.4 Å². The molecular formula is C64H114O6. The van der Waals surface area contributed by atoms with E-state index in [4.69, 9.17) is 14.2 Å². The molecule has 0 unspecified atom stereocenters. The Kier molecular flexibility index (Phi) is 56.3. The third-order valence-electron chi connectivity index (χ3n) is 13.2. The SMILES string of the molecule is CCCCC/C=C\C/C=C\C/C=C\C/C=C\CCCCCC(=O)OC[C@@H](COC(=O)CCCCCCC/C=C\CCCCCCCCC)OC(=O)CCCCCCCCCCCCCCCCCCC. The second-order valence-corrected chi connectivity index (χ2v) is 20.3. The van der Waals surface area contributed by atoms with Gasteiger partial charge in [-0.05, 0) is 89.9 Å². The summed E-state index contributed by atoms with van der Waals surface area (Å²) in [6.45, 7) is 6.61. The fourth-order valence-corrected chi connectivity index (χ4v) is 8.66. The predicted octanol–water partition coefficient (Wildman–Crippen LogP) is 20.4. The maximum atomic E-state index is 12.9. The lowest BCUT2D eigenvalue weighted by molar-refractivity contribution is -0.167. The minimum Gasteiger partial charge on any atom is -0.462 e. The third kappa shape index (κ3) is 56.0. The maximum absolute atomic E-state index is 12.9. The van der Waals surface area contributed by atoms with Gasteiger partial charge in [0.2, 0.25) is 0 Å². The van der Waals surface area contributed by atoms with E-state index in [0.717, 1.165) is 89.9 Å². The van der Waals surface area contributed by atoms with E-state index in [2.05, 4.69) is 81.5 Å². The Bertz CT molecular complexity index is 1260. The first-order valence-electron chi connectivity index (χ1n) is 30.3. The third-order valence-corrected chi connectivity index (χ3v) is 13.2. The highest BCUT2D eigenvalue weighted by atomic mass is 16.6. The van der Waals surface area contributed by atoms with Gasteiger partial charge >= 0.3 is 17.9 Å². The minimum atomic E-state index is -0.789. The van der Waals surface area contributed by atoms with Gasteiger partial charge in [-0.3, -0.25) is 14.4 Å². The lowest BCUT2D eigenvalue weighted by Gasteiger charge is -2.18. The molecule has 6 heteroatoms. The zero-order valence-corrected chi connectivity index (χ0v) is 46.5. The van der Waals surface area contributed by atoms with Crippen LogP contribution in [0.1, 0.15) is 310 Å². The molecule has 0 aliphatic heterocycles. The molecule has 406 valence electrons. The van der Waals surface area contributed by atoms with Gasteiger partial charge in [0.1, 0.15) is 13.2 Å². The van der Waals surface area contributed by atoms with Crippen LogP contribution in [-0.4, -0.2) is 37.2 Å². The van der Waals surface area contributed by atoms with Gasteiger partial charge in [0.15, 0.2) is 6.10 Å². The fraction of sp³-hybridized carbons (Fsp3) is 0.797. The molecule has 0 aromatic rings. The first-order valence-corrected chi connectivity index (χ1v) is 30.3. The molecule has 0 radical (unpaired) electrons. The van der Waals surface area contributed by atoms with Crippen molar-refractivity contribution in [2.24, 2.45) is 0 Å². The van der Waals surface area contributed by atoms with Crippen LogP contribution in [0, 0.1) is 0 Å². The summed E-state index contributed by atoms with van der Waals surface area (Å²) in [6.07, 6.45) is 73.5. The molecule has 0 aromatic heterocycles. The normalized spacial score (nSPS) is 12.4. The smallest absolute Gasteiger partial charge is 0.306 e. The van der Waals surface area contributed by atoms with Crippen molar-refractivity contribution in [2.75, 3.05) is 13.2 Å². The highest BCUT2D eigenvalue weighted by Gasteiger charge is 2.19. The van der Waals surface area contributed by atoms with Crippen molar-refractivity contribution in [1.82, 2.24) is 0 Å². The van der Waals surface area contributed by atoms with Crippen LogP contribution in [-0.2, 0) is 28.6 Å². The van der Waals surface area contributed by atoms with Crippen molar-refractivity contribution in [2.45, 2.75) is 316 Å². The summed E-state index contributed by atoms with van der Waals surface area (Å²) in [6, 6.07) is 0. The molecule has 1 atom stereocenters. The Morgan fingerprint density at radius 2 is 0.514 bits per heavy atom. The topological polar surface area (TPSA) is 78.9 Å². The molecule has 0 bridgehead atoms. The first kappa shape index (κ1) is 67.1. The van der Waals surface area contributed by atoms with Gasteiger partial charge in [-0.1, -0.05) is 261 Å². The maximum Gasteiger partial charge on any atom is 0.306 e. The van der Waals surface area contributed by atoms with Gasteiger partial charge in [-0.2, -0.15) is 0 Å². The summed E-state index contributed by atoms with van der Waals surface area (Å²) in [7, 11) is 0. The van der Waals surface area contributed by atoms with Gasteiger partial charge in [-0.15, -0.1) is 0 Å². The van der Waals surface area contributed by atoms with Crippen LogP contribution in [0.5, 0.6) is 0 Å². The van der Waals surface area contributed by atoms with Gasteiger partial charge < -0.3 is 14.2 Å². The second-order valence-electron chi connectivity index (χ2n) is 20.3. The zero-order chi connectivity index (χ0) is 50.7. The Hall–Kier alpha value is -2.89. The summed E-state index contributed by atoms with van der Waals surface area (Å²) in [4.78, 5) is 38.2. The van der Waals surface area contributed by atoms with E-state index in [0.29, 0.717) is 19.3 Å². The van der Waals surface area contributed by atoms with E-state index >= 15 is 0 Å². The molecule has 0 fully saturated rings. The number of esters is 3. The van der Waals surface area contributed by atoms with Gasteiger partial charge in [-0.25, -0.2) is 0 Å². The van der Waals surface area contributed by atoms with Crippen LogP contribution < -0.4 is 0 Å². The molecule has 0 rings (SSSR count). The number of rotatable bonds is 55. The molecule has 0 amide bonds. The van der Waals surface area contributed by atoms with Gasteiger partial charge in [0.05, 0.1) is 0 Å². The highest BCUT2D eigenvalue weighted by molar-refractivity contribution is 5.71. The Balaban J connectivity index is 4.42. The number of carbonyl (C=O) groups excluding carboxylic acids is 3. The van der Waals surface area contributed by atoms with Crippen molar-refractivity contribution in [3.63, 3.8) is 0 Å². The minimum absolute atomic E-state index is 0.0861. The first-order chi connectivity index (χ1) is 34.5. The van der Waals surface area contributed by atoms with Crippen molar-refractivity contribution >= 4 is 17.9 Å². The summed E-state index contributed by atoms with van der Waals surface area (Å²) in [5.41, 5.74) is 0. The average Bonchev–Trinajstić information content (AvgIpc) is 3.36. The number of allylic oxidation sites excluding steroid dienone is 10. The van der Waals surface area contributed by atoms with E-state index in [1.54, 1.807) is 0 Å². The van der Waals surface area contributed by atoms with Crippen molar-refractivity contribution in [3.8, 4) is 0 Å². The highest BCUT2D eigenvalue weighted by Crippen LogP contribution is 2.16. The second kappa shape index (κ2) is 58.7. The number of ether oxygens (including phenoxy) is 3. The molecule has 0 saturated heterocycles. The van der Waals surface area contributed by atoms with E-state index in [1.807, 2.05) is 0 Å². The monoisotopic (exact) mass is 979 g/mol. The van der Waals surface area contributed by atoms with E-state index < -0.39 is 6.10 Å². The molecule has 0 aliphatic rings. The lowest BCUT2D eigenvalue weighted by atomic mass is 10.0. The summed E-state index contributed by atoms with van der Waals surface area (Å²) < 4.78 is 16.9. The van der Waals surface area contributed by atoms with Gasteiger partial charge in [0.25, 0.3) is 0 Å². The number of unbranched alkanes of at least 4 members (excludes halogenated alkanes) is 34. The van der Waals surface area contributed by atoms with Crippen LogP contribution in [0.3, 0.4) is 0 Å². The molecule has 0 aromatic carbocycles. The van der Waals surface area contributed by atoms with Crippen LogP contribution in [0.25, 0.3) is 0 Å². The number of hydrogen-bond acceptors (Lipinski definition) is 6. The molecular weight excluding hydrogens is 865 g/mol. The van der Waals surface area contributed by atoms with Crippen molar-refractivity contribution in [3.05, 3.63) is 60.8 Å². The van der Waals surface area contributed by atoms with Crippen LogP contribution in [0.4, 0.5) is 0 Å². The molecule has 0 N–H and O–H groups in total. The van der Waals surface area contributed by atoms with Crippen LogP contribution >= 0.6 is 0 Å². The molecule has 0 aliphatic carbocycles. The fourth-order valence-electron chi connectivity index (χ4n) is 8.66. The Morgan fingerprint density at radius 1 is 0.286 bits per heavy atom. The lowest BCUT2D eigenvalue weighted by Crippen LogP contribution is -2.30.